The van der Waals surface area contributed by atoms with E-state index in [4.69, 9.17) is 26.8 Å². The Morgan fingerprint density at radius 2 is 1.92 bits per heavy atom. The first-order valence-corrected chi connectivity index (χ1v) is 13.8. The van der Waals surface area contributed by atoms with Gasteiger partial charge in [0.15, 0.2) is 21.5 Å². The topological polar surface area (TPSA) is 135 Å². The average molecular weight is 535 g/mol. The zero-order chi connectivity index (χ0) is 26.0. The van der Waals surface area contributed by atoms with Gasteiger partial charge in [0, 0.05) is 25.4 Å². The number of ether oxygens (including phenoxy) is 2. The highest BCUT2D eigenvalue weighted by Gasteiger charge is 2.39. The number of halogens is 1. The maximum absolute atomic E-state index is 13.7. The van der Waals surface area contributed by atoms with Gasteiger partial charge < -0.3 is 15.2 Å². The van der Waals surface area contributed by atoms with Crippen LogP contribution in [-0.2, 0) is 20.3 Å². The van der Waals surface area contributed by atoms with Crippen molar-refractivity contribution in [1.29, 1.82) is 0 Å². The largest absolute Gasteiger partial charge is 0.495 e. The lowest BCUT2D eigenvalue weighted by atomic mass is 9.73. The van der Waals surface area contributed by atoms with Crippen molar-refractivity contribution in [1.82, 2.24) is 24.7 Å². The molecule has 0 spiro atoms. The Morgan fingerprint density at radius 3 is 2.50 bits per heavy atom. The van der Waals surface area contributed by atoms with E-state index in [1.165, 1.54) is 19.5 Å². The van der Waals surface area contributed by atoms with E-state index in [0.717, 1.165) is 24.1 Å². The van der Waals surface area contributed by atoms with Crippen molar-refractivity contribution in [2.24, 2.45) is 11.7 Å². The first-order chi connectivity index (χ1) is 17.2. The van der Waals surface area contributed by atoms with Crippen LogP contribution in [0.2, 0.25) is 5.02 Å². The fourth-order valence-electron chi connectivity index (χ4n) is 4.66. The summed E-state index contributed by atoms with van der Waals surface area (Å²) in [7, 11) is -0.780. The third kappa shape index (κ3) is 4.97. The molecular formula is C24H31ClN6O4S. The van der Waals surface area contributed by atoms with Crippen LogP contribution < -0.4 is 10.5 Å². The van der Waals surface area contributed by atoms with Gasteiger partial charge in [-0.1, -0.05) is 23.7 Å². The molecule has 0 saturated heterocycles. The van der Waals surface area contributed by atoms with Crippen molar-refractivity contribution in [3.63, 3.8) is 0 Å². The highest BCUT2D eigenvalue weighted by atomic mass is 35.5. The van der Waals surface area contributed by atoms with Crippen molar-refractivity contribution in [3.8, 4) is 11.4 Å². The summed E-state index contributed by atoms with van der Waals surface area (Å²) in [6, 6.07) is 5.68. The number of nitrogens with zero attached hydrogens (tertiary/aromatic N) is 5. The predicted molar refractivity (Wildman–Crippen MR) is 136 cm³/mol. The van der Waals surface area contributed by atoms with E-state index in [0.29, 0.717) is 29.0 Å². The number of nitrogens with two attached hydrogens (primary N) is 1. The van der Waals surface area contributed by atoms with Crippen LogP contribution in [0.25, 0.3) is 5.69 Å². The maximum Gasteiger partial charge on any atom is 0.163 e. The van der Waals surface area contributed by atoms with E-state index in [2.05, 4.69) is 20.2 Å². The van der Waals surface area contributed by atoms with E-state index < -0.39 is 21.2 Å². The Kier molecular flexibility index (Phi) is 7.93. The van der Waals surface area contributed by atoms with Crippen molar-refractivity contribution >= 4 is 21.4 Å². The molecule has 194 valence electrons. The maximum atomic E-state index is 13.7. The third-order valence-electron chi connectivity index (χ3n) is 6.92. The number of sulfone groups is 1. The number of hydrogen-bond acceptors (Lipinski definition) is 9. The standard InChI is InChI=1S/C24H31ClN6O4S/c1-14-6-5-7-19(34-3)21(14)31-20(29-30-24(31)18-9-8-16(18)10-26)13-36(32,33)15(2)22(35-4)23-27-11-17(25)12-28-23/h5-7,11-12,15-16,18,22H,8-10,13,26H2,1-4H3/t15-,16+,18+,22-/m0/s1. The van der Waals surface area contributed by atoms with Crippen LogP contribution in [0.15, 0.2) is 30.6 Å². The Balaban J connectivity index is 1.76. The lowest BCUT2D eigenvalue weighted by Gasteiger charge is -2.35. The summed E-state index contributed by atoms with van der Waals surface area (Å²) in [6.45, 7) is 4.06. The van der Waals surface area contributed by atoms with Gasteiger partial charge in [-0.2, -0.15) is 0 Å². The normalized spacial score (nSPS) is 19.5. The summed E-state index contributed by atoms with van der Waals surface area (Å²) in [6.07, 6.45) is 3.85. The van der Waals surface area contributed by atoms with Gasteiger partial charge in [0.1, 0.15) is 23.4 Å². The van der Waals surface area contributed by atoms with Gasteiger partial charge in [-0.15, -0.1) is 10.2 Å². The second kappa shape index (κ2) is 10.8. The molecule has 0 amide bonds. The van der Waals surface area contributed by atoms with Gasteiger partial charge in [-0.05, 0) is 50.8 Å². The lowest BCUT2D eigenvalue weighted by Crippen LogP contribution is -2.33. The highest BCUT2D eigenvalue weighted by Crippen LogP contribution is 2.43. The predicted octanol–water partition coefficient (Wildman–Crippen LogP) is 3.17. The molecule has 1 aliphatic rings. The molecule has 12 heteroatoms. The summed E-state index contributed by atoms with van der Waals surface area (Å²) in [5.41, 5.74) is 7.62. The lowest BCUT2D eigenvalue weighted by molar-refractivity contribution is 0.0948. The average Bonchev–Trinajstić information content (AvgIpc) is 3.21. The molecule has 1 saturated carbocycles. The minimum atomic E-state index is -3.79. The van der Waals surface area contributed by atoms with Crippen molar-refractivity contribution in [2.75, 3.05) is 20.8 Å². The molecule has 2 heterocycles. The molecule has 10 nitrogen and oxygen atoms in total. The Morgan fingerprint density at radius 1 is 1.19 bits per heavy atom. The number of para-hydroxylation sites is 1. The van der Waals surface area contributed by atoms with Crippen LogP contribution in [0.3, 0.4) is 0 Å². The minimum absolute atomic E-state index is 0.0925. The van der Waals surface area contributed by atoms with E-state index in [1.807, 2.05) is 29.7 Å². The molecule has 36 heavy (non-hydrogen) atoms. The number of benzene rings is 1. The number of hydrogen-bond donors (Lipinski definition) is 1. The summed E-state index contributed by atoms with van der Waals surface area (Å²) in [5.74, 6) is 1.86. The molecule has 2 aromatic heterocycles. The molecular weight excluding hydrogens is 504 g/mol. The molecule has 4 rings (SSSR count). The molecule has 1 aromatic carbocycles. The smallest absolute Gasteiger partial charge is 0.163 e. The van der Waals surface area contributed by atoms with Gasteiger partial charge >= 0.3 is 0 Å². The molecule has 4 atom stereocenters. The number of methoxy groups -OCH3 is 2. The number of aryl methyl sites for hydroxylation is 1. The van der Waals surface area contributed by atoms with Gasteiger partial charge in [-0.3, -0.25) is 4.57 Å². The Labute approximate surface area is 216 Å². The van der Waals surface area contributed by atoms with E-state index >= 15 is 0 Å². The van der Waals surface area contributed by atoms with Crippen molar-refractivity contribution < 1.29 is 17.9 Å². The summed E-state index contributed by atoms with van der Waals surface area (Å²) in [4.78, 5) is 8.32. The Hall–Kier alpha value is -2.60. The molecule has 3 aromatic rings. The fraction of sp³-hybridized carbons (Fsp3) is 0.500. The van der Waals surface area contributed by atoms with Crippen molar-refractivity contribution in [2.45, 2.75) is 49.7 Å². The van der Waals surface area contributed by atoms with Crippen LogP contribution in [0.1, 0.15) is 54.8 Å². The second-order valence-corrected chi connectivity index (χ2v) is 11.8. The molecule has 1 fully saturated rings. The molecule has 2 N–H and O–H groups in total. The fourth-order valence-corrected chi connectivity index (χ4v) is 6.17. The molecule has 0 radical (unpaired) electrons. The Bertz CT molecular complexity index is 1310. The van der Waals surface area contributed by atoms with Gasteiger partial charge in [0.2, 0.25) is 0 Å². The summed E-state index contributed by atoms with van der Waals surface area (Å²) >= 11 is 5.89. The number of aromatic nitrogens is 5. The monoisotopic (exact) mass is 534 g/mol. The molecule has 0 aliphatic heterocycles. The van der Waals surface area contributed by atoms with Crippen LogP contribution in [-0.4, -0.2) is 59.2 Å². The minimum Gasteiger partial charge on any atom is -0.495 e. The number of rotatable bonds is 10. The summed E-state index contributed by atoms with van der Waals surface area (Å²) in [5, 5.41) is 8.23. The SMILES string of the molecule is COc1cccc(C)c1-n1c(CS(=O)(=O)[C@@H](C)[C@H](OC)c2ncc(Cl)cn2)nnc1[C@@H]1CC[C@@H]1CN. The quantitative estimate of drug-likeness (QED) is 0.416. The molecule has 0 unspecified atom stereocenters. The highest BCUT2D eigenvalue weighted by molar-refractivity contribution is 7.91. The zero-order valence-corrected chi connectivity index (χ0v) is 22.3. The molecule has 1 aliphatic carbocycles. The third-order valence-corrected chi connectivity index (χ3v) is 9.16. The van der Waals surface area contributed by atoms with Gasteiger partial charge in [0.25, 0.3) is 0 Å². The summed E-state index contributed by atoms with van der Waals surface area (Å²) < 4.78 is 40.3. The van der Waals surface area contributed by atoms with Gasteiger partial charge in [0.05, 0.1) is 23.1 Å². The first-order valence-electron chi connectivity index (χ1n) is 11.7. The molecule has 0 bridgehead atoms. The van der Waals surface area contributed by atoms with Crippen LogP contribution in [0.5, 0.6) is 5.75 Å². The van der Waals surface area contributed by atoms with Crippen molar-refractivity contribution in [3.05, 3.63) is 58.7 Å². The van der Waals surface area contributed by atoms with Crippen LogP contribution in [0, 0.1) is 12.8 Å². The first kappa shape index (κ1) is 26.5. The second-order valence-electron chi connectivity index (χ2n) is 9.04. The van der Waals surface area contributed by atoms with Gasteiger partial charge in [-0.25, -0.2) is 18.4 Å². The van der Waals surface area contributed by atoms with E-state index in [9.17, 15) is 8.42 Å². The van der Waals surface area contributed by atoms with E-state index in [1.54, 1.807) is 14.0 Å². The van der Waals surface area contributed by atoms with E-state index in [-0.39, 0.29) is 23.4 Å². The van der Waals surface area contributed by atoms with Crippen LogP contribution >= 0.6 is 11.6 Å². The zero-order valence-electron chi connectivity index (χ0n) is 20.8. The van der Waals surface area contributed by atoms with Crippen LogP contribution in [0.4, 0.5) is 0 Å².